The zero-order valence-electron chi connectivity index (χ0n) is 13.7. The molecule has 1 heteroatoms. The summed E-state index contributed by atoms with van der Waals surface area (Å²) in [5.74, 6) is 8.09. The Kier molecular flexibility index (Phi) is 6.94. The van der Waals surface area contributed by atoms with Gasteiger partial charge in [0.2, 0.25) is 0 Å². The van der Waals surface area contributed by atoms with Crippen molar-refractivity contribution in [1.29, 1.82) is 0 Å². The van der Waals surface area contributed by atoms with E-state index in [9.17, 15) is 0 Å². The van der Waals surface area contributed by atoms with Gasteiger partial charge in [0.15, 0.2) is 0 Å². The first-order chi connectivity index (χ1) is 8.99. The Morgan fingerprint density at radius 1 is 1.16 bits per heavy atom. The molecule has 1 unspecified atom stereocenters. The van der Waals surface area contributed by atoms with Gasteiger partial charge in [-0.2, -0.15) is 0 Å². The van der Waals surface area contributed by atoms with Crippen molar-refractivity contribution in [1.82, 2.24) is 5.32 Å². The molecule has 1 aliphatic carbocycles. The maximum absolute atomic E-state index is 3.73. The summed E-state index contributed by atoms with van der Waals surface area (Å²) in [6.07, 6.45) is 7.81. The fourth-order valence-corrected chi connectivity index (χ4v) is 3.33. The predicted octanol–water partition coefficient (Wildman–Crippen LogP) is 4.62. The molecule has 0 aromatic rings. The maximum Gasteiger partial charge on any atom is 0.0245 e. The zero-order valence-corrected chi connectivity index (χ0v) is 13.7. The molecule has 1 atom stereocenters. The highest BCUT2D eigenvalue weighted by Crippen LogP contribution is 2.40. The van der Waals surface area contributed by atoms with Gasteiger partial charge in [0.05, 0.1) is 0 Å². The normalized spacial score (nSPS) is 25.5. The third-order valence-corrected chi connectivity index (χ3v) is 4.72. The topological polar surface area (TPSA) is 12.0 Å². The molecule has 1 N–H and O–H groups in total. The van der Waals surface area contributed by atoms with Gasteiger partial charge in [0.25, 0.3) is 0 Å². The van der Waals surface area contributed by atoms with E-state index in [1.807, 2.05) is 6.92 Å². The van der Waals surface area contributed by atoms with Gasteiger partial charge in [-0.15, -0.1) is 11.8 Å². The standard InChI is InChI=1S/C18H33N/c1-6-8-9-17(19-14-7-2)15-10-12-16(13-11-15)18(3,4)5/h15-17,19H,7,9-14H2,1-5H3. The Labute approximate surface area is 120 Å². The van der Waals surface area contributed by atoms with Crippen molar-refractivity contribution in [3.8, 4) is 11.8 Å². The van der Waals surface area contributed by atoms with Crippen molar-refractivity contribution >= 4 is 0 Å². The van der Waals surface area contributed by atoms with Gasteiger partial charge < -0.3 is 5.32 Å². The molecule has 110 valence electrons. The van der Waals surface area contributed by atoms with Gasteiger partial charge in [0, 0.05) is 12.5 Å². The highest BCUT2D eigenvalue weighted by molar-refractivity contribution is 5.00. The van der Waals surface area contributed by atoms with E-state index < -0.39 is 0 Å². The third-order valence-electron chi connectivity index (χ3n) is 4.72. The molecule has 0 heterocycles. The van der Waals surface area contributed by atoms with Crippen molar-refractivity contribution in [2.45, 2.75) is 79.2 Å². The lowest BCUT2D eigenvalue weighted by Crippen LogP contribution is -2.39. The van der Waals surface area contributed by atoms with Crippen molar-refractivity contribution in [3.63, 3.8) is 0 Å². The molecule has 0 amide bonds. The highest BCUT2D eigenvalue weighted by atomic mass is 14.9. The van der Waals surface area contributed by atoms with E-state index in [1.165, 1.54) is 32.1 Å². The summed E-state index contributed by atoms with van der Waals surface area (Å²) in [6, 6.07) is 0.619. The summed E-state index contributed by atoms with van der Waals surface area (Å²) >= 11 is 0. The van der Waals surface area contributed by atoms with Crippen LogP contribution in [0, 0.1) is 29.1 Å². The molecule has 0 saturated heterocycles. The highest BCUT2D eigenvalue weighted by Gasteiger charge is 2.32. The molecular formula is C18H33N. The average molecular weight is 263 g/mol. The van der Waals surface area contributed by atoms with Gasteiger partial charge in [-0.05, 0) is 62.8 Å². The fourth-order valence-electron chi connectivity index (χ4n) is 3.33. The first-order valence-electron chi connectivity index (χ1n) is 8.12. The minimum atomic E-state index is 0.487. The van der Waals surface area contributed by atoms with Crippen LogP contribution in [0.3, 0.4) is 0 Å². The lowest BCUT2D eigenvalue weighted by atomic mass is 9.68. The Balaban J connectivity index is 2.50. The molecular weight excluding hydrogens is 230 g/mol. The van der Waals surface area contributed by atoms with E-state index in [2.05, 4.69) is 44.9 Å². The van der Waals surface area contributed by atoms with Crippen LogP contribution in [0.15, 0.2) is 0 Å². The minimum absolute atomic E-state index is 0.487. The second kappa shape index (κ2) is 7.95. The lowest BCUT2D eigenvalue weighted by molar-refractivity contribution is 0.133. The van der Waals surface area contributed by atoms with Crippen LogP contribution < -0.4 is 5.32 Å². The average Bonchev–Trinajstić information content (AvgIpc) is 2.38. The Morgan fingerprint density at radius 3 is 2.26 bits per heavy atom. The Bertz CT molecular complexity index is 294. The number of hydrogen-bond donors (Lipinski definition) is 1. The largest absolute Gasteiger partial charge is 0.313 e. The van der Waals surface area contributed by atoms with Crippen LogP contribution in [0.25, 0.3) is 0 Å². The van der Waals surface area contributed by atoms with Crippen molar-refractivity contribution in [2.75, 3.05) is 6.54 Å². The molecule has 1 nitrogen and oxygen atoms in total. The van der Waals surface area contributed by atoms with Crippen LogP contribution in [0.5, 0.6) is 0 Å². The summed E-state index contributed by atoms with van der Waals surface area (Å²) in [4.78, 5) is 0. The molecule has 0 bridgehead atoms. The summed E-state index contributed by atoms with van der Waals surface area (Å²) in [5, 5.41) is 3.73. The van der Waals surface area contributed by atoms with Gasteiger partial charge in [-0.3, -0.25) is 0 Å². The summed E-state index contributed by atoms with van der Waals surface area (Å²) in [7, 11) is 0. The van der Waals surface area contributed by atoms with Gasteiger partial charge in [-0.1, -0.05) is 27.7 Å². The van der Waals surface area contributed by atoms with Crippen LogP contribution in [0.1, 0.15) is 73.1 Å². The van der Waals surface area contributed by atoms with Gasteiger partial charge in [0.1, 0.15) is 0 Å². The van der Waals surface area contributed by atoms with Crippen LogP contribution in [0.2, 0.25) is 0 Å². The van der Waals surface area contributed by atoms with E-state index in [0.717, 1.165) is 24.8 Å². The second-order valence-corrected chi connectivity index (χ2v) is 7.17. The monoisotopic (exact) mass is 263 g/mol. The van der Waals surface area contributed by atoms with Crippen LogP contribution in [0.4, 0.5) is 0 Å². The molecule has 19 heavy (non-hydrogen) atoms. The fraction of sp³-hybridized carbons (Fsp3) is 0.889. The maximum atomic E-state index is 3.73. The Morgan fingerprint density at radius 2 is 1.79 bits per heavy atom. The number of nitrogens with one attached hydrogen (secondary N) is 1. The molecule has 1 fully saturated rings. The van der Waals surface area contributed by atoms with E-state index in [0.29, 0.717) is 11.5 Å². The smallest absolute Gasteiger partial charge is 0.0245 e. The van der Waals surface area contributed by atoms with E-state index >= 15 is 0 Å². The van der Waals surface area contributed by atoms with Gasteiger partial charge >= 0.3 is 0 Å². The molecule has 0 aliphatic heterocycles. The zero-order chi connectivity index (χ0) is 14.3. The van der Waals surface area contributed by atoms with Crippen molar-refractivity contribution < 1.29 is 0 Å². The molecule has 1 saturated carbocycles. The minimum Gasteiger partial charge on any atom is -0.313 e. The van der Waals surface area contributed by atoms with Gasteiger partial charge in [-0.25, -0.2) is 0 Å². The summed E-state index contributed by atoms with van der Waals surface area (Å²) in [5.41, 5.74) is 0.487. The molecule has 0 aromatic carbocycles. The lowest BCUT2D eigenvalue weighted by Gasteiger charge is -2.39. The predicted molar refractivity (Wildman–Crippen MR) is 85.1 cm³/mol. The summed E-state index contributed by atoms with van der Waals surface area (Å²) in [6.45, 7) is 12.5. The second-order valence-electron chi connectivity index (χ2n) is 7.17. The Hall–Kier alpha value is -0.480. The van der Waals surface area contributed by atoms with Crippen LogP contribution in [-0.2, 0) is 0 Å². The number of hydrogen-bond acceptors (Lipinski definition) is 1. The van der Waals surface area contributed by atoms with E-state index in [-0.39, 0.29) is 0 Å². The SMILES string of the molecule is CC#CCC(NCCC)C1CCC(C(C)(C)C)CC1. The van der Waals surface area contributed by atoms with Crippen LogP contribution >= 0.6 is 0 Å². The quantitative estimate of drug-likeness (QED) is 0.714. The van der Waals surface area contributed by atoms with E-state index in [4.69, 9.17) is 0 Å². The first kappa shape index (κ1) is 16.6. The molecule has 1 aliphatic rings. The van der Waals surface area contributed by atoms with Crippen molar-refractivity contribution in [3.05, 3.63) is 0 Å². The van der Waals surface area contributed by atoms with E-state index in [1.54, 1.807) is 0 Å². The molecule has 0 aromatic heterocycles. The molecule has 0 radical (unpaired) electrons. The summed E-state index contributed by atoms with van der Waals surface area (Å²) < 4.78 is 0. The van der Waals surface area contributed by atoms with Crippen molar-refractivity contribution in [2.24, 2.45) is 17.3 Å². The number of rotatable bonds is 5. The van der Waals surface area contributed by atoms with Crippen LogP contribution in [-0.4, -0.2) is 12.6 Å². The molecule has 1 rings (SSSR count). The molecule has 0 spiro atoms. The first-order valence-corrected chi connectivity index (χ1v) is 8.12. The third kappa shape index (κ3) is 5.57.